The highest BCUT2D eigenvalue weighted by Crippen LogP contribution is 2.31. The van der Waals surface area contributed by atoms with Crippen LogP contribution in [0.4, 0.5) is 19.0 Å². The fourth-order valence-electron chi connectivity index (χ4n) is 2.66. The summed E-state index contributed by atoms with van der Waals surface area (Å²) < 4.78 is 40.8. The third-order valence-corrected chi connectivity index (χ3v) is 5.68. The number of carboxylic acids is 1. The maximum absolute atomic E-state index is 12.3. The zero-order valence-corrected chi connectivity index (χ0v) is 18.4. The number of nitrogens with one attached hydrogen (secondary N) is 1. The summed E-state index contributed by atoms with van der Waals surface area (Å²) in [5, 5.41) is 13.5. The number of aromatic nitrogens is 2. The fourth-order valence-corrected chi connectivity index (χ4v) is 4.06. The fraction of sp³-hybridized carbons (Fsp3) is 0.190. The Morgan fingerprint density at radius 3 is 2.34 bits per heavy atom. The predicted molar refractivity (Wildman–Crippen MR) is 117 cm³/mol. The molecule has 11 heteroatoms. The van der Waals surface area contributed by atoms with Crippen molar-refractivity contribution in [3.63, 3.8) is 0 Å². The van der Waals surface area contributed by atoms with E-state index in [-0.39, 0.29) is 23.7 Å². The quantitative estimate of drug-likeness (QED) is 0.229. The maximum atomic E-state index is 12.3. The molecule has 3 rings (SSSR count). The SMILES string of the molecule is CSc1nc(NCc2ccc(OC(F)(F)F)cc2)c(C(=O)O)c(SCc2ccccc2)n1. The molecule has 32 heavy (non-hydrogen) atoms. The Hall–Kier alpha value is -2.92. The lowest BCUT2D eigenvalue weighted by molar-refractivity contribution is -0.274. The van der Waals surface area contributed by atoms with Gasteiger partial charge in [0.05, 0.1) is 0 Å². The molecule has 0 radical (unpaired) electrons. The summed E-state index contributed by atoms with van der Waals surface area (Å²) in [6.07, 6.45) is -2.98. The van der Waals surface area contributed by atoms with Gasteiger partial charge in [-0.2, -0.15) is 0 Å². The summed E-state index contributed by atoms with van der Waals surface area (Å²) in [5.41, 5.74) is 1.59. The van der Waals surface area contributed by atoms with Crippen LogP contribution < -0.4 is 10.1 Å². The zero-order valence-electron chi connectivity index (χ0n) is 16.7. The van der Waals surface area contributed by atoms with Gasteiger partial charge >= 0.3 is 12.3 Å². The standard InChI is InChI=1S/C21H18F3N3O3S2/c1-31-20-26-17(25-11-13-7-9-15(10-8-13)30-21(22,23)24)16(19(28)29)18(27-20)32-12-14-5-3-2-4-6-14/h2-10H,11-12H2,1H3,(H,28,29)(H,25,26,27). The third kappa shape index (κ3) is 6.79. The van der Waals surface area contributed by atoms with E-state index in [4.69, 9.17) is 0 Å². The van der Waals surface area contributed by atoms with Gasteiger partial charge in [0.15, 0.2) is 5.16 Å². The Kier molecular flexibility index (Phi) is 7.86. The van der Waals surface area contributed by atoms with Gasteiger partial charge in [0.1, 0.15) is 22.2 Å². The summed E-state index contributed by atoms with van der Waals surface area (Å²) in [7, 11) is 0. The van der Waals surface area contributed by atoms with Crippen molar-refractivity contribution in [2.45, 2.75) is 28.8 Å². The molecule has 1 heterocycles. The van der Waals surface area contributed by atoms with Gasteiger partial charge in [-0.05, 0) is 29.5 Å². The molecular weight excluding hydrogens is 463 g/mol. The average Bonchev–Trinajstić information content (AvgIpc) is 2.76. The molecular formula is C21H18F3N3O3S2. The lowest BCUT2D eigenvalue weighted by Crippen LogP contribution is -2.17. The second kappa shape index (κ2) is 10.6. The highest BCUT2D eigenvalue weighted by atomic mass is 32.2. The van der Waals surface area contributed by atoms with Gasteiger partial charge in [-0.25, -0.2) is 14.8 Å². The number of carbonyl (C=O) groups is 1. The number of carboxylic acid groups (broad SMARTS) is 1. The third-order valence-electron chi connectivity index (χ3n) is 4.09. The number of aromatic carboxylic acids is 1. The van der Waals surface area contributed by atoms with Gasteiger partial charge in [-0.15, -0.1) is 24.9 Å². The van der Waals surface area contributed by atoms with Gasteiger partial charge in [-0.1, -0.05) is 54.2 Å². The first-order valence-electron chi connectivity index (χ1n) is 9.20. The molecule has 168 valence electrons. The van der Waals surface area contributed by atoms with Crippen molar-refractivity contribution in [1.29, 1.82) is 0 Å². The number of ether oxygens (including phenoxy) is 1. The normalized spacial score (nSPS) is 11.2. The Balaban J connectivity index is 1.79. The number of hydrogen-bond acceptors (Lipinski definition) is 7. The molecule has 0 saturated carbocycles. The molecule has 6 nitrogen and oxygen atoms in total. The van der Waals surface area contributed by atoms with Crippen LogP contribution in [0.25, 0.3) is 0 Å². The van der Waals surface area contributed by atoms with Gasteiger partial charge < -0.3 is 15.2 Å². The lowest BCUT2D eigenvalue weighted by atomic mass is 10.2. The molecule has 0 aliphatic carbocycles. The molecule has 0 aliphatic rings. The van der Waals surface area contributed by atoms with Crippen LogP contribution in [0.3, 0.4) is 0 Å². The highest BCUT2D eigenvalue weighted by Gasteiger charge is 2.31. The van der Waals surface area contributed by atoms with E-state index in [1.54, 1.807) is 6.26 Å². The van der Waals surface area contributed by atoms with E-state index in [0.29, 0.717) is 21.5 Å². The Morgan fingerprint density at radius 2 is 1.75 bits per heavy atom. The summed E-state index contributed by atoms with van der Waals surface area (Å²) >= 11 is 2.57. The van der Waals surface area contributed by atoms with E-state index >= 15 is 0 Å². The average molecular weight is 482 g/mol. The van der Waals surface area contributed by atoms with Crippen molar-refractivity contribution < 1.29 is 27.8 Å². The summed E-state index contributed by atoms with van der Waals surface area (Å²) in [6.45, 7) is 0.153. The largest absolute Gasteiger partial charge is 0.573 e. The topological polar surface area (TPSA) is 84.3 Å². The maximum Gasteiger partial charge on any atom is 0.573 e. The van der Waals surface area contributed by atoms with Crippen molar-refractivity contribution in [3.05, 3.63) is 71.3 Å². The van der Waals surface area contributed by atoms with E-state index in [2.05, 4.69) is 20.0 Å². The second-order valence-electron chi connectivity index (χ2n) is 6.36. The van der Waals surface area contributed by atoms with E-state index in [0.717, 1.165) is 5.56 Å². The second-order valence-corrected chi connectivity index (χ2v) is 8.10. The van der Waals surface area contributed by atoms with Gasteiger partial charge in [0, 0.05) is 12.3 Å². The molecule has 0 bridgehead atoms. The van der Waals surface area contributed by atoms with Crippen LogP contribution in [-0.2, 0) is 12.3 Å². The Bertz CT molecular complexity index is 1070. The van der Waals surface area contributed by atoms with Crippen molar-refractivity contribution in [3.8, 4) is 5.75 Å². The number of benzene rings is 2. The van der Waals surface area contributed by atoms with Gasteiger partial charge in [0.25, 0.3) is 0 Å². The first kappa shape index (κ1) is 23.7. The minimum Gasteiger partial charge on any atom is -0.477 e. The lowest BCUT2D eigenvalue weighted by Gasteiger charge is -2.14. The molecule has 0 unspecified atom stereocenters. The van der Waals surface area contributed by atoms with Crippen molar-refractivity contribution in [2.24, 2.45) is 0 Å². The molecule has 0 amide bonds. The summed E-state index contributed by atoms with van der Waals surface area (Å²) in [5.74, 6) is -0.835. The highest BCUT2D eigenvalue weighted by molar-refractivity contribution is 7.99. The molecule has 0 spiro atoms. The molecule has 0 atom stereocenters. The van der Waals surface area contributed by atoms with Crippen molar-refractivity contribution >= 4 is 35.3 Å². The molecule has 0 aliphatic heterocycles. The van der Waals surface area contributed by atoms with Gasteiger partial charge in [0.2, 0.25) is 0 Å². The van der Waals surface area contributed by atoms with E-state index in [1.807, 2.05) is 30.3 Å². The minimum absolute atomic E-state index is 0.0549. The summed E-state index contributed by atoms with van der Waals surface area (Å²) in [6, 6.07) is 14.9. The zero-order chi connectivity index (χ0) is 23.1. The Morgan fingerprint density at radius 1 is 1.06 bits per heavy atom. The van der Waals surface area contributed by atoms with E-state index < -0.39 is 12.3 Å². The monoisotopic (exact) mass is 481 g/mol. The van der Waals surface area contributed by atoms with Crippen LogP contribution in [-0.4, -0.2) is 33.7 Å². The van der Waals surface area contributed by atoms with Crippen molar-refractivity contribution in [2.75, 3.05) is 11.6 Å². The van der Waals surface area contributed by atoms with E-state index in [9.17, 15) is 23.1 Å². The van der Waals surface area contributed by atoms with Crippen LogP contribution in [0.5, 0.6) is 5.75 Å². The molecule has 1 aromatic heterocycles. The number of alkyl halides is 3. The smallest absolute Gasteiger partial charge is 0.477 e. The van der Waals surface area contributed by atoms with Crippen LogP contribution >= 0.6 is 23.5 Å². The molecule has 3 aromatic rings. The Labute approximate surface area is 190 Å². The van der Waals surface area contributed by atoms with Gasteiger partial charge in [-0.3, -0.25) is 0 Å². The number of nitrogens with zero attached hydrogens (tertiary/aromatic N) is 2. The first-order chi connectivity index (χ1) is 15.2. The number of halogens is 3. The van der Waals surface area contributed by atoms with Crippen LogP contribution in [0.1, 0.15) is 21.5 Å². The summed E-state index contributed by atoms with van der Waals surface area (Å²) in [4.78, 5) is 20.6. The number of rotatable bonds is 9. The number of thioether (sulfide) groups is 2. The number of anilines is 1. The molecule has 0 fully saturated rings. The molecule has 2 N–H and O–H groups in total. The first-order valence-corrected chi connectivity index (χ1v) is 11.4. The molecule has 0 saturated heterocycles. The molecule has 2 aromatic carbocycles. The minimum atomic E-state index is -4.76. The predicted octanol–water partition coefficient (Wildman–Crippen LogP) is 5.70. The van der Waals surface area contributed by atoms with Crippen LogP contribution in [0.2, 0.25) is 0 Å². The van der Waals surface area contributed by atoms with Crippen LogP contribution in [0.15, 0.2) is 64.8 Å². The van der Waals surface area contributed by atoms with Crippen molar-refractivity contribution in [1.82, 2.24) is 9.97 Å². The van der Waals surface area contributed by atoms with Crippen LogP contribution in [0, 0.1) is 0 Å². The number of hydrogen-bond donors (Lipinski definition) is 2. The van der Waals surface area contributed by atoms with E-state index in [1.165, 1.54) is 47.8 Å².